The first kappa shape index (κ1) is 39.3. The van der Waals surface area contributed by atoms with E-state index in [-0.39, 0.29) is 30.6 Å². The normalized spacial score (nSPS) is 21.9. The van der Waals surface area contributed by atoms with E-state index in [0.717, 1.165) is 17.5 Å². The lowest BCUT2D eigenvalue weighted by Crippen LogP contribution is -2.57. The van der Waals surface area contributed by atoms with Crippen molar-refractivity contribution >= 4 is 23.6 Å². The zero-order chi connectivity index (χ0) is 36.9. The van der Waals surface area contributed by atoms with Gasteiger partial charge in [0.25, 0.3) is 0 Å². The second kappa shape index (κ2) is 19.2. The first-order valence-corrected chi connectivity index (χ1v) is 17.9. The second-order valence-corrected chi connectivity index (χ2v) is 13.7. The summed E-state index contributed by atoms with van der Waals surface area (Å²) in [5.74, 6) is 1.39. The third-order valence-corrected chi connectivity index (χ3v) is 9.25. The van der Waals surface area contributed by atoms with E-state index in [9.17, 15) is 19.2 Å². The van der Waals surface area contributed by atoms with Crippen LogP contribution in [0.15, 0.2) is 36.4 Å². The molecule has 2 aliphatic rings. The second-order valence-electron chi connectivity index (χ2n) is 13.7. The fraction of sp³-hybridized carbons (Fsp3) is 0.579. The molecule has 2 heterocycles. The van der Waals surface area contributed by atoms with Crippen molar-refractivity contribution in [2.24, 2.45) is 5.92 Å². The van der Waals surface area contributed by atoms with Gasteiger partial charge in [0.1, 0.15) is 29.6 Å². The van der Waals surface area contributed by atoms with Crippen molar-refractivity contribution < 1.29 is 38.1 Å². The lowest BCUT2D eigenvalue weighted by molar-refractivity contribution is -0.141. The molecule has 3 atom stereocenters. The summed E-state index contributed by atoms with van der Waals surface area (Å²) in [5, 5.41) is 8.83. The lowest BCUT2D eigenvalue weighted by atomic mass is 10.00. The van der Waals surface area contributed by atoms with E-state index in [0.29, 0.717) is 81.7 Å². The molecule has 1 fully saturated rings. The van der Waals surface area contributed by atoms with Gasteiger partial charge in [0, 0.05) is 57.6 Å². The number of rotatable bonds is 8. The minimum atomic E-state index is -0.966. The third-order valence-electron chi connectivity index (χ3n) is 9.25. The smallest absolute Gasteiger partial charge is 0.245 e. The third kappa shape index (κ3) is 11.5. The molecule has 0 unspecified atom stereocenters. The summed E-state index contributed by atoms with van der Waals surface area (Å²) in [4.78, 5) is 57.9. The van der Waals surface area contributed by atoms with Gasteiger partial charge in [0.2, 0.25) is 23.6 Å². The van der Waals surface area contributed by atoms with Crippen molar-refractivity contribution in [1.82, 2.24) is 25.8 Å². The van der Waals surface area contributed by atoms with E-state index in [1.807, 2.05) is 38.1 Å². The summed E-state index contributed by atoms with van der Waals surface area (Å²) in [6.07, 6.45) is 2.77. The number of nitrogens with one attached hydrogen (secondary N) is 3. The van der Waals surface area contributed by atoms with Crippen LogP contribution in [0.3, 0.4) is 0 Å². The summed E-state index contributed by atoms with van der Waals surface area (Å²) in [7, 11) is 4.76. The van der Waals surface area contributed by atoms with Gasteiger partial charge in [-0.05, 0) is 62.4 Å². The number of fused-ring (bicyclic) bond motifs is 1. The van der Waals surface area contributed by atoms with Crippen LogP contribution < -0.4 is 34.9 Å². The van der Waals surface area contributed by atoms with Crippen molar-refractivity contribution in [3.05, 3.63) is 47.5 Å². The fourth-order valence-electron chi connectivity index (χ4n) is 6.23. The van der Waals surface area contributed by atoms with Crippen molar-refractivity contribution in [3.8, 4) is 23.0 Å². The molecule has 0 saturated carbocycles. The molecule has 0 radical (unpaired) electrons. The van der Waals surface area contributed by atoms with Crippen LogP contribution in [0.1, 0.15) is 64.0 Å². The summed E-state index contributed by atoms with van der Waals surface area (Å²) < 4.78 is 22.8. The van der Waals surface area contributed by atoms with E-state index in [2.05, 4.69) is 20.9 Å². The Balaban J connectivity index is 1.55. The number of nitrogens with zero attached hydrogens (tertiary/aromatic N) is 2. The molecule has 13 heteroatoms. The lowest BCUT2D eigenvalue weighted by Gasteiger charge is -2.30. The van der Waals surface area contributed by atoms with Crippen LogP contribution >= 0.6 is 0 Å². The molecule has 2 aromatic carbocycles. The first-order chi connectivity index (χ1) is 24.5. The van der Waals surface area contributed by atoms with Gasteiger partial charge < -0.3 is 39.8 Å². The minimum Gasteiger partial charge on any atom is -0.497 e. The molecule has 0 aliphatic carbocycles. The quantitative estimate of drug-likeness (QED) is 0.376. The molecule has 2 aromatic rings. The van der Waals surface area contributed by atoms with E-state index in [1.54, 1.807) is 40.3 Å². The van der Waals surface area contributed by atoms with Gasteiger partial charge in [-0.1, -0.05) is 26.0 Å². The molecule has 4 amide bonds. The molecule has 1 saturated heterocycles. The van der Waals surface area contributed by atoms with Gasteiger partial charge >= 0.3 is 0 Å². The fourth-order valence-corrected chi connectivity index (χ4v) is 6.23. The highest BCUT2D eigenvalue weighted by Crippen LogP contribution is 2.37. The molecule has 4 rings (SSSR count). The Labute approximate surface area is 301 Å². The number of hydrogen-bond donors (Lipinski definition) is 3. The molecule has 2 aliphatic heterocycles. The number of hydrogen-bond acceptors (Lipinski definition) is 9. The standard InChI is InChI=1S/C38H55N5O8/c1-25(2)20-30-37(46)41-31(21-27-11-13-29(48-5)14-12-27)38(47)42(4)26(3)36(45)39-15-8-17-43(16-7-10-35(44)40-30)24-28-22-33-34(23-32(28)49-6)51-19-9-18-50-33/h11-14,22-23,25-26,30-31H,7-10,15-21,24H2,1-6H3,(H,39,45)(H,40,44)(H,41,46)/t26-,30+,31-/m0/s1. The molecule has 51 heavy (non-hydrogen) atoms. The Morgan fingerprint density at radius 1 is 0.863 bits per heavy atom. The number of carbonyl (C=O) groups is 4. The SMILES string of the molecule is COc1ccc(C[C@@H]2NC(=O)[C@@H](CC(C)C)NC(=O)CCCN(Cc3cc4c(cc3OC)OCCCO4)CCCNC(=O)[C@H](C)N(C)C2=O)cc1. The Morgan fingerprint density at radius 3 is 2.22 bits per heavy atom. The van der Waals surface area contributed by atoms with E-state index < -0.39 is 29.9 Å². The van der Waals surface area contributed by atoms with Crippen LogP contribution in [0.25, 0.3) is 0 Å². The van der Waals surface area contributed by atoms with Crippen LogP contribution in [-0.2, 0) is 32.1 Å². The minimum absolute atomic E-state index is 0.0989. The maximum Gasteiger partial charge on any atom is 0.245 e. The monoisotopic (exact) mass is 709 g/mol. The van der Waals surface area contributed by atoms with E-state index in [1.165, 1.54) is 4.90 Å². The van der Waals surface area contributed by atoms with Crippen LogP contribution in [0, 0.1) is 5.92 Å². The van der Waals surface area contributed by atoms with Crippen molar-refractivity contribution in [2.45, 2.75) is 84.0 Å². The predicted molar refractivity (Wildman–Crippen MR) is 193 cm³/mol. The first-order valence-electron chi connectivity index (χ1n) is 17.9. The number of ether oxygens (including phenoxy) is 4. The van der Waals surface area contributed by atoms with Crippen molar-refractivity contribution in [3.63, 3.8) is 0 Å². The highest BCUT2D eigenvalue weighted by molar-refractivity contribution is 5.94. The highest BCUT2D eigenvalue weighted by Gasteiger charge is 2.32. The number of amides is 4. The summed E-state index contributed by atoms with van der Waals surface area (Å²) in [6, 6.07) is 8.46. The molecular weight excluding hydrogens is 654 g/mol. The van der Waals surface area contributed by atoms with Gasteiger partial charge in [-0.25, -0.2) is 0 Å². The van der Waals surface area contributed by atoms with Gasteiger partial charge in [0.15, 0.2) is 11.5 Å². The summed E-state index contributed by atoms with van der Waals surface area (Å²) in [6.45, 7) is 8.90. The topological polar surface area (TPSA) is 148 Å². The number of benzene rings is 2. The Hall–Kier alpha value is -4.52. The zero-order valence-corrected chi connectivity index (χ0v) is 30.9. The van der Waals surface area contributed by atoms with E-state index >= 15 is 0 Å². The van der Waals surface area contributed by atoms with Gasteiger partial charge in [-0.15, -0.1) is 0 Å². The van der Waals surface area contributed by atoms with E-state index in [4.69, 9.17) is 18.9 Å². The average Bonchev–Trinajstić information content (AvgIpc) is 3.35. The Kier molecular flexibility index (Phi) is 14.8. The van der Waals surface area contributed by atoms with Gasteiger partial charge in [-0.3, -0.25) is 24.1 Å². The van der Waals surface area contributed by atoms with Crippen LogP contribution in [-0.4, -0.2) is 106 Å². The maximum atomic E-state index is 13.9. The predicted octanol–water partition coefficient (Wildman–Crippen LogP) is 3.07. The summed E-state index contributed by atoms with van der Waals surface area (Å²) >= 11 is 0. The number of carbonyl (C=O) groups excluding carboxylic acids is 4. The Morgan fingerprint density at radius 2 is 1.55 bits per heavy atom. The van der Waals surface area contributed by atoms with Gasteiger partial charge in [0.05, 0.1) is 27.4 Å². The summed E-state index contributed by atoms with van der Waals surface area (Å²) in [5.41, 5.74) is 1.73. The Bertz CT molecular complexity index is 1480. The molecule has 0 aromatic heterocycles. The number of likely N-dealkylation sites (N-methyl/N-ethyl adjacent to an activating group) is 1. The van der Waals surface area contributed by atoms with Crippen LogP contribution in [0.2, 0.25) is 0 Å². The molecule has 3 N–H and O–H groups in total. The zero-order valence-electron chi connectivity index (χ0n) is 30.9. The van der Waals surface area contributed by atoms with Crippen molar-refractivity contribution in [2.75, 3.05) is 54.1 Å². The van der Waals surface area contributed by atoms with Crippen LogP contribution in [0.5, 0.6) is 23.0 Å². The molecule has 280 valence electrons. The highest BCUT2D eigenvalue weighted by atomic mass is 16.5. The number of methoxy groups -OCH3 is 2. The van der Waals surface area contributed by atoms with Crippen LogP contribution in [0.4, 0.5) is 0 Å². The average molecular weight is 710 g/mol. The maximum absolute atomic E-state index is 13.9. The largest absolute Gasteiger partial charge is 0.497 e. The molecule has 13 nitrogen and oxygen atoms in total. The van der Waals surface area contributed by atoms with Gasteiger partial charge in [-0.2, -0.15) is 0 Å². The molecule has 0 bridgehead atoms. The molecule has 0 spiro atoms. The van der Waals surface area contributed by atoms with Crippen molar-refractivity contribution in [1.29, 1.82) is 0 Å². The molecular formula is C38H55N5O8.